The molecule has 6 heteroatoms. The summed E-state index contributed by atoms with van der Waals surface area (Å²) in [5.41, 5.74) is 0. The van der Waals surface area contributed by atoms with Crippen molar-refractivity contribution in [1.29, 1.82) is 0 Å². The molecule has 122 valence electrons. The molecule has 1 aliphatic rings. The Balaban J connectivity index is 2.41. The summed E-state index contributed by atoms with van der Waals surface area (Å²) in [6.07, 6.45) is 1.25. The third-order valence-corrected chi connectivity index (χ3v) is 4.17. The Labute approximate surface area is 127 Å². The first-order chi connectivity index (χ1) is 9.97. The maximum absolute atomic E-state index is 12.5. The SMILES string of the molecule is CCC(C)CN(CC)C(=O)N1CCN(CCC(=O)O)CC1. The second-order valence-corrected chi connectivity index (χ2v) is 5.81. The van der Waals surface area contributed by atoms with Crippen molar-refractivity contribution in [2.75, 3.05) is 45.8 Å². The van der Waals surface area contributed by atoms with E-state index in [1.165, 1.54) is 0 Å². The molecule has 0 radical (unpaired) electrons. The van der Waals surface area contributed by atoms with Gasteiger partial charge in [-0.2, -0.15) is 0 Å². The first-order valence-corrected chi connectivity index (χ1v) is 7.95. The number of rotatable bonds is 7. The van der Waals surface area contributed by atoms with Crippen molar-refractivity contribution in [2.45, 2.75) is 33.6 Å². The number of carboxylic acid groups (broad SMARTS) is 1. The molecule has 1 N–H and O–H groups in total. The number of hydrogen-bond acceptors (Lipinski definition) is 3. The summed E-state index contributed by atoms with van der Waals surface area (Å²) in [6.45, 7) is 11.4. The van der Waals surface area contributed by atoms with Crippen LogP contribution >= 0.6 is 0 Å². The molecule has 1 aliphatic heterocycles. The lowest BCUT2D eigenvalue weighted by Crippen LogP contribution is -2.53. The molecular weight excluding hydrogens is 270 g/mol. The highest BCUT2D eigenvalue weighted by atomic mass is 16.4. The van der Waals surface area contributed by atoms with Crippen molar-refractivity contribution in [3.05, 3.63) is 0 Å². The third-order valence-electron chi connectivity index (χ3n) is 4.17. The lowest BCUT2D eigenvalue weighted by molar-refractivity contribution is -0.137. The average molecular weight is 299 g/mol. The van der Waals surface area contributed by atoms with E-state index in [2.05, 4.69) is 18.7 Å². The van der Waals surface area contributed by atoms with Gasteiger partial charge in [0, 0.05) is 45.8 Å². The minimum Gasteiger partial charge on any atom is -0.481 e. The van der Waals surface area contributed by atoms with E-state index in [0.29, 0.717) is 25.6 Å². The van der Waals surface area contributed by atoms with Gasteiger partial charge in [0.25, 0.3) is 0 Å². The zero-order valence-corrected chi connectivity index (χ0v) is 13.5. The summed E-state index contributed by atoms with van der Waals surface area (Å²) in [7, 11) is 0. The summed E-state index contributed by atoms with van der Waals surface area (Å²) >= 11 is 0. The topological polar surface area (TPSA) is 64.1 Å². The van der Waals surface area contributed by atoms with Crippen LogP contribution in [0, 0.1) is 5.92 Å². The van der Waals surface area contributed by atoms with Crippen LogP contribution in [0.25, 0.3) is 0 Å². The molecule has 21 heavy (non-hydrogen) atoms. The number of nitrogens with zero attached hydrogens (tertiary/aromatic N) is 3. The van der Waals surface area contributed by atoms with Gasteiger partial charge in [0.15, 0.2) is 0 Å². The molecule has 0 aromatic carbocycles. The maximum atomic E-state index is 12.5. The number of carbonyl (C=O) groups excluding carboxylic acids is 1. The Bertz CT molecular complexity index is 341. The van der Waals surface area contributed by atoms with Gasteiger partial charge in [-0.05, 0) is 12.8 Å². The minimum absolute atomic E-state index is 0.121. The fraction of sp³-hybridized carbons (Fsp3) is 0.867. The van der Waals surface area contributed by atoms with Gasteiger partial charge in [-0.15, -0.1) is 0 Å². The standard InChI is InChI=1S/C15H29N3O3/c1-4-13(3)12-17(5-2)15(21)18-10-8-16(9-11-18)7-6-14(19)20/h13H,4-12H2,1-3H3,(H,19,20). The highest BCUT2D eigenvalue weighted by Crippen LogP contribution is 2.10. The number of aliphatic carboxylic acids is 1. The maximum Gasteiger partial charge on any atom is 0.320 e. The summed E-state index contributed by atoms with van der Waals surface area (Å²) < 4.78 is 0. The van der Waals surface area contributed by atoms with Crippen LogP contribution < -0.4 is 0 Å². The summed E-state index contributed by atoms with van der Waals surface area (Å²) in [5.74, 6) is -0.245. The van der Waals surface area contributed by atoms with Crippen molar-refractivity contribution < 1.29 is 14.7 Å². The van der Waals surface area contributed by atoms with E-state index in [9.17, 15) is 9.59 Å². The highest BCUT2D eigenvalue weighted by Gasteiger charge is 2.25. The van der Waals surface area contributed by atoms with Crippen LogP contribution in [0.1, 0.15) is 33.6 Å². The van der Waals surface area contributed by atoms with Gasteiger partial charge >= 0.3 is 12.0 Å². The Morgan fingerprint density at radius 1 is 1.19 bits per heavy atom. The van der Waals surface area contributed by atoms with Gasteiger partial charge in [-0.25, -0.2) is 4.79 Å². The molecule has 0 aliphatic carbocycles. The van der Waals surface area contributed by atoms with Crippen LogP contribution in [0.4, 0.5) is 4.79 Å². The second-order valence-electron chi connectivity index (χ2n) is 5.81. The summed E-state index contributed by atoms with van der Waals surface area (Å²) in [6, 6.07) is 0.121. The number of urea groups is 1. The van der Waals surface area contributed by atoms with Gasteiger partial charge in [-0.1, -0.05) is 20.3 Å². The Morgan fingerprint density at radius 3 is 2.29 bits per heavy atom. The van der Waals surface area contributed by atoms with E-state index in [4.69, 9.17) is 5.11 Å². The largest absolute Gasteiger partial charge is 0.481 e. The predicted molar refractivity (Wildman–Crippen MR) is 82.4 cm³/mol. The van der Waals surface area contributed by atoms with Crippen molar-refractivity contribution in [1.82, 2.24) is 14.7 Å². The summed E-state index contributed by atoms with van der Waals surface area (Å²) in [5, 5.41) is 8.70. The lowest BCUT2D eigenvalue weighted by atomic mass is 10.1. The monoisotopic (exact) mass is 299 g/mol. The van der Waals surface area contributed by atoms with Gasteiger partial charge < -0.3 is 14.9 Å². The van der Waals surface area contributed by atoms with Crippen molar-refractivity contribution in [2.24, 2.45) is 5.92 Å². The van der Waals surface area contributed by atoms with Gasteiger partial charge in [0.05, 0.1) is 6.42 Å². The molecule has 0 bridgehead atoms. The van der Waals surface area contributed by atoms with Crippen molar-refractivity contribution in [3.8, 4) is 0 Å². The Kier molecular flexibility index (Phi) is 7.50. The van der Waals surface area contributed by atoms with Crippen LogP contribution in [0.2, 0.25) is 0 Å². The molecule has 1 fully saturated rings. The van der Waals surface area contributed by atoms with Crippen LogP contribution in [0.15, 0.2) is 0 Å². The van der Waals surface area contributed by atoms with E-state index >= 15 is 0 Å². The highest BCUT2D eigenvalue weighted by molar-refractivity contribution is 5.74. The van der Waals surface area contributed by atoms with Crippen LogP contribution in [-0.2, 0) is 4.79 Å². The molecule has 6 nitrogen and oxygen atoms in total. The first kappa shape index (κ1) is 17.8. The van der Waals surface area contributed by atoms with Gasteiger partial charge in [0.2, 0.25) is 0 Å². The molecule has 0 aromatic heterocycles. The smallest absolute Gasteiger partial charge is 0.320 e. The molecule has 1 rings (SSSR count). The van der Waals surface area contributed by atoms with Crippen molar-refractivity contribution in [3.63, 3.8) is 0 Å². The van der Waals surface area contributed by atoms with Gasteiger partial charge in [0.1, 0.15) is 0 Å². The second kappa shape index (κ2) is 8.87. The zero-order chi connectivity index (χ0) is 15.8. The molecular formula is C15H29N3O3. The third kappa shape index (κ3) is 5.91. The molecule has 1 unspecified atom stereocenters. The molecule has 0 aromatic rings. The van der Waals surface area contributed by atoms with Crippen LogP contribution in [0.3, 0.4) is 0 Å². The average Bonchev–Trinajstić information content (AvgIpc) is 2.50. The van der Waals surface area contributed by atoms with E-state index in [0.717, 1.165) is 32.6 Å². The number of hydrogen-bond donors (Lipinski definition) is 1. The Morgan fingerprint density at radius 2 is 1.81 bits per heavy atom. The van der Waals surface area contributed by atoms with E-state index in [1.54, 1.807) is 0 Å². The molecule has 0 saturated carbocycles. The Hall–Kier alpha value is -1.30. The van der Waals surface area contributed by atoms with Crippen LogP contribution in [-0.4, -0.2) is 77.6 Å². The molecule has 2 amide bonds. The normalized spacial score (nSPS) is 17.6. The number of carboxylic acids is 1. The molecule has 1 heterocycles. The first-order valence-electron chi connectivity index (χ1n) is 7.95. The molecule has 1 saturated heterocycles. The zero-order valence-electron chi connectivity index (χ0n) is 13.5. The van der Waals surface area contributed by atoms with Crippen molar-refractivity contribution >= 4 is 12.0 Å². The van der Waals surface area contributed by atoms with Crippen LogP contribution in [0.5, 0.6) is 0 Å². The van der Waals surface area contributed by atoms with Gasteiger partial charge in [-0.3, -0.25) is 9.69 Å². The minimum atomic E-state index is -0.765. The number of amides is 2. The summed E-state index contributed by atoms with van der Waals surface area (Å²) in [4.78, 5) is 29.0. The fourth-order valence-corrected chi connectivity index (χ4v) is 2.46. The van der Waals surface area contributed by atoms with E-state index in [-0.39, 0.29) is 12.5 Å². The number of piperazine rings is 1. The number of carbonyl (C=O) groups is 2. The quantitative estimate of drug-likeness (QED) is 0.775. The van der Waals surface area contributed by atoms with E-state index in [1.807, 2.05) is 16.7 Å². The fourth-order valence-electron chi connectivity index (χ4n) is 2.46. The molecule has 0 spiro atoms. The van der Waals surface area contributed by atoms with E-state index < -0.39 is 5.97 Å². The lowest BCUT2D eigenvalue weighted by Gasteiger charge is -2.37. The predicted octanol–water partition coefficient (Wildman–Crippen LogP) is 1.57. The molecule has 1 atom stereocenters.